The molecule has 1 N–H and O–H groups in total. The molecule has 2 rings (SSSR count). The summed E-state index contributed by atoms with van der Waals surface area (Å²) < 4.78 is 0. The number of nitrogens with one attached hydrogen (secondary N) is 1. The summed E-state index contributed by atoms with van der Waals surface area (Å²) in [6, 6.07) is 13.0. The fourth-order valence-electron chi connectivity index (χ4n) is 2.64. The van der Waals surface area contributed by atoms with E-state index in [1.807, 2.05) is 11.9 Å². The van der Waals surface area contributed by atoms with Gasteiger partial charge < -0.3 is 5.32 Å². The molecule has 0 saturated carbocycles. The summed E-state index contributed by atoms with van der Waals surface area (Å²) in [6.07, 6.45) is 1.00. The zero-order chi connectivity index (χ0) is 18.4. The molecule has 0 spiro atoms. The summed E-state index contributed by atoms with van der Waals surface area (Å²) in [5.41, 5.74) is 3.35. The Kier molecular flexibility index (Phi) is 6.25. The molecule has 0 aromatic heterocycles. The molecule has 0 aliphatic rings. The van der Waals surface area contributed by atoms with E-state index in [1.54, 1.807) is 19.1 Å². The highest BCUT2D eigenvalue weighted by atomic mass is 16.6. The number of amides is 1. The van der Waals surface area contributed by atoms with E-state index < -0.39 is 4.92 Å². The van der Waals surface area contributed by atoms with Crippen LogP contribution >= 0.6 is 0 Å². The predicted octanol–water partition coefficient (Wildman–Crippen LogP) is 3.54. The van der Waals surface area contributed by atoms with E-state index in [-0.39, 0.29) is 18.1 Å². The van der Waals surface area contributed by atoms with Gasteiger partial charge in [0.15, 0.2) is 0 Å². The predicted molar refractivity (Wildman–Crippen MR) is 98.6 cm³/mol. The molecule has 6 heteroatoms. The van der Waals surface area contributed by atoms with Crippen molar-refractivity contribution >= 4 is 17.3 Å². The quantitative estimate of drug-likeness (QED) is 0.617. The van der Waals surface area contributed by atoms with Gasteiger partial charge in [0.25, 0.3) is 5.69 Å². The van der Waals surface area contributed by atoms with Gasteiger partial charge in [-0.3, -0.25) is 19.8 Å². The number of likely N-dealkylation sites (N-methyl/N-ethyl adjacent to an activating group) is 1. The summed E-state index contributed by atoms with van der Waals surface area (Å²) in [5.74, 6) is -0.198. The third-order valence-electron chi connectivity index (χ3n) is 4.07. The molecule has 2 aromatic carbocycles. The second kappa shape index (κ2) is 8.39. The van der Waals surface area contributed by atoms with Crippen molar-refractivity contribution in [1.29, 1.82) is 0 Å². The van der Waals surface area contributed by atoms with Crippen LogP contribution in [0.25, 0.3) is 0 Å². The Morgan fingerprint density at radius 3 is 2.40 bits per heavy atom. The molecule has 0 atom stereocenters. The molecular formula is C19H23N3O3. The molecule has 0 unspecified atom stereocenters. The van der Waals surface area contributed by atoms with Crippen molar-refractivity contribution in [2.45, 2.75) is 26.8 Å². The molecule has 2 aromatic rings. The molecule has 1 amide bonds. The summed E-state index contributed by atoms with van der Waals surface area (Å²) in [7, 11) is 1.87. The maximum Gasteiger partial charge on any atom is 0.274 e. The molecule has 0 saturated heterocycles. The average Bonchev–Trinajstić information content (AvgIpc) is 2.57. The van der Waals surface area contributed by atoms with Crippen LogP contribution in [0.3, 0.4) is 0 Å². The van der Waals surface area contributed by atoms with Crippen molar-refractivity contribution in [3.63, 3.8) is 0 Å². The number of hydrogen-bond donors (Lipinski definition) is 1. The first-order valence-corrected chi connectivity index (χ1v) is 8.21. The van der Waals surface area contributed by atoms with E-state index in [4.69, 9.17) is 0 Å². The Bertz CT molecular complexity index is 757. The molecule has 0 aliphatic carbocycles. The molecule has 0 radical (unpaired) electrons. The molecule has 25 heavy (non-hydrogen) atoms. The van der Waals surface area contributed by atoms with Crippen molar-refractivity contribution in [1.82, 2.24) is 4.90 Å². The molecule has 0 fully saturated rings. The van der Waals surface area contributed by atoms with Gasteiger partial charge in [0, 0.05) is 12.6 Å². The molecule has 0 bridgehead atoms. The number of benzene rings is 2. The number of nitro benzene ring substituents is 1. The maximum absolute atomic E-state index is 12.2. The summed E-state index contributed by atoms with van der Waals surface area (Å²) in [4.78, 5) is 24.7. The SMILES string of the molecule is CCc1ccc(CN(C)CC(=O)Nc2cccc([N+](=O)[O-])c2C)cc1. The van der Waals surface area contributed by atoms with Gasteiger partial charge in [-0.1, -0.05) is 37.3 Å². The number of carbonyl (C=O) groups is 1. The first-order valence-electron chi connectivity index (χ1n) is 8.21. The lowest BCUT2D eigenvalue weighted by Crippen LogP contribution is -2.30. The van der Waals surface area contributed by atoms with Crippen LogP contribution in [-0.2, 0) is 17.8 Å². The van der Waals surface area contributed by atoms with Crippen LogP contribution < -0.4 is 5.32 Å². The van der Waals surface area contributed by atoms with Gasteiger partial charge >= 0.3 is 0 Å². The average molecular weight is 341 g/mol. The second-order valence-corrected chi connectivity index (χ2v) is 6.10. The highest BCUT2D eigenvalue weighted by molar-refractivity contribution is 5.93. The Balaban J connectivity index is 1.95. The third kappa shape index (κ3) is 5.12. The van der Waals surface area contributed by atoms with Crippen LogP contribution in [0.5, 0.6) is 0 Å². The van der Waals surface area contributed by atoms with E-state index in [1.165, 1.54) is 11.6 Å². The number of nitro groups is 1. The van der Waals surface area contributed by atoms with Crippen molar-refractivity contribution in [2.24, 2.45) is 0 Å². The van der Waals surface area contributed by atoms with Gasteiger partial charge in [-0.05, 0) is 37.6 Å². The Labute approximate surface area is 147 Å². The van der Waals surface area contributed by atoms with Gasteiger partial charge in [-0.2, -0.15) is 0 Å². The van der Waals surface area contributed by atoms with Crippen molar-refractivity contribution in [3.8, 4) is 0 Å². The first kappa shape index (κ1) is 18.6. The normalized spacial score (nSPS) is 10.7. The summed E-state index contributed by atoms with van der Waals surface area (Å²) >= 11 is 0. The van der Waals surface area contributed by atoms with Crippen molar-refractivity contribution in [2.75, 3.05) is 18.9 Å². The lowest BCUT2D eigenvalue weighted by Gasteiger charge is -2.17. The zero-order valence-corrected chi connectivity index (χ0v) is 14.8. The Morgan fingerprint density at radius 2 is 1.80 bits per heavy atom. The Morgan fingerprint density at radius 1 is 1.16 bits per heavy atom. The number of carbonyl (C=O) groups excluding carboxylic acids is 1. The van der Waals surface area contributed by atoms with Gasteiger partial charge in [0.1, 0.15) is 0 Å². The van der Waals surface area contributed by atoms with Crippen LogP contribution in [0.2, 0.25) is 0 Å². The van der Waals surface area contributed by atoms with E-state index in [9.17, 15) is 14.9 Å². The molecule has 0 aliphatic heterocycles. The van der Waals surface area contributed by atoms with Crippen molar-refractivity contribution < 1.29 is 9.72 Å². The van der Waals surface area contributed by atoms with Crippen LogP contribution in [0.15, 0.2) is 42.5 Å². The Hall–Kier alpha value is -2.73. The largest absolute Gasteiger partial charge is 0.324 e. The van der Waals surface area contributed by atoms with E-state index in [2.05, 4.69) is 36.5 Å². The van der Waals surface area contributed by atoms with Crippen LogP contribution in [0.4, 0.5) is 11.4 Å². The topological polar surface area (TPSA) is 75.5 Å². The van der Waals surface area contributed by atoms with Crippen LogP contribution in [-0.4, -0.2) is 29.3 Å². The number of rotatable bonds is 7. The first-order chi connectivity index (χ1) is 11.9. The lowest BCUT2D eigenvalue weighted by atomic mass is 10.1. The minimum Gasteiger partial charge on any atom is -0.324 e. The number of hydrogen-bond acceptors (Lipinski definition) is 4. The van der Waals surface area contributed by atoms with E-state index in [0.717, 1.165) is 12.0 Å². The summed E-state index contributed by atoms with van der Waals surface area (Å²) in [6.45, 7) is 4.61. The van der Waals surface area contributed by atoms with Crippen molar-refractivity contribution in [3.05, 3.63) is 69.3 Å². The monoisotopic (exact) mass is 341 g/mol. The van der Waals surface area contributed by atoms with E-state index in [0.29, 0.717) is 17.8 Å². The van der Waals surface area contributed by atoms with Crippen LogP contribution in [0.1, 0.15) is 23.6 Å². The van der Waals surface area contributed by atoms with Gasteiger partial charge in [-0.15, -0.1) is 0 Å². The smallest absolute Gasteiger partial charge is 0.274 e. The molecule has 6 nitrogen and oxygen atoms in total. The fraction of sp³-hybridized carbons (Fsp3) is 0.316. The number of anilines is 1. The minimum atomic E-state index is -0.447. The van der Waals surface area contributed by atoms with Gasteiger partial charge in [0.05, 0.1) is 22.7 Å². The van der Waals surface area contributed by atoms with Crippen LogP contribution in [0, 0.1) is 17.0 Å². The van der Waals surface area contributed by atoms with E-state index >= 15 is 0 Å². The van der Waals surface area contributed by atoms with Gasteiger partial charge in [0.2, 0.25) is 5.91 Å². The number of nitrogens with zero attached hydrogens (tertiary/aromatic N) is 2. The number of aryl methyl sites for hydroxylation is 1. The highest BCUT2D eigenvalue weighted by Crippen LogP contribution is 2.24. The standard InChI is InChI=1S/C19H23N3O3/c1-4-15-8-10-16(11-9-15)12-21(3)13-19(23)20-17-6-5-7-18(14(17)2)22(24)25/h5-11H,4,12-13H2,1-3H3,(H,20,23). The maximum atomic E-state index is 12.2. The molecular weight excluding hydrogens is 318 g/mol. The summed E-state index contributed by atoms with van der Waals surface area (Å²) in [5, 5.41) is 13.7. The van der Waals surface area contributed by atoms with Gasteiger partial charge in [-0.25, -0.2) is 0 Å². The fourth-order valence-corrected chi connectivity index (χ4v) is 2.64. The third-order valence-corrected chi connectivity index (χ3v) is 4.07. The highest BCUT2D eigenvalue weighted by Gasteiger charge is 2.15. The lowest BCUT2D eigenvalue weighted by molar-refractivity contribution is -0.385. The second-order valence-electron chi connectivity index (χ2n) is 6.10. The zero-order valence-electron chi connectivity index (χ0n) is 14.8. The molecule has 132 valence electrons. The molecule has 0 heterocycles. The minimum absolute atomic E-state index is 0.00201.